The summed E-state index contributed by atoms with van der Waals surface area (Å²) in [5.74, 6) is 0.385. The third-order valence-electron chi connectivity index (χ3n) is 5.04. The maximum Gasteiger partial charge on any atom is 0.227 e. The Kier molecular flexibility index (Phi) is 5.99. The Hall–Kier alpha value is -3.32. The smallest absolute Gasteiger partial charge is 0.227 e. The number of methoxy groups -OCH3 is 1. The molecule has 0 bridgehead atoms. The number of carbonyl (C=O) groups is 1. The van der Waals surface area contributed by atoms with Crippen LogP contribution in [-0.4, -0.2) is 47.6 Å². The van der Waals surface area contributed by atoms with E-state index in [1.807, 2.05) is 24.3 Å². The molecule has 1 aromatic heterocycles. The minimum atomic E-state index is -0.431. The largest absolute Gasteiger partial charge is 0.497 e. The standard InChI is InChI=1S/C23H22FN3O3/c1-29-19-7-2-4-16(12-19)13-21(28)27-10-11-30-20(15-27)23-22(25-8-9-26-23)17-5-3-6-18(24)14-17/h2-9,12,14,20H,10-11,13,15H2,1H3. The van der Waals surface area contributed by atoms with Gasteiger partial charge in [0.25, 0.3) is 0 Å². The lowest BCUT2D eigenvalue weighted by atomic mass is 10.0. The van der Waals surface area contributed by atoms with Crippen molar-refractivity contribution in [2.24, 2.45) is 0 Å². The highest BCUT2D eigenvalue weighted by Crippen LogP contribution is 2.29. The molecule has 1 unspecified atom stereocenters. The fraction of sp³-hybridized carbons (Fsp3) is 0.261. The Morgan fingerprint density at radius 1 is 1.20 bits per heavy atom. The Morgan fingerprint density at radius 3 is 2.87 bits per heavy atom. The van der Waals surface area contributed by atoms with Crippen LogP contribution in [0.2, 0.25) is 0 Å². The van der Waals surface area contributed by atoms with Gasteiger partial charge in [0.2, 0.25) is 5.91 Å². The van der Waals surface area contributed by atoms with Crippen LogP contribution in [0.4, 0.5) is 4.39 Å². The number of hydrogen-bond donors (Lipinski definition) is 0. The van der Waals surface area contributed by atoms with Crippen molar-refractivity contribution in [1.82, 2.24) is 14.9 Å². The van der Waals surface area contributed by atoms with Crippen molar-refractivity contribution in [3.8, 4) is 17.0 Å². The van der Waals surface area contributed by atoms with Gasteiger partial charge in [0.1, 0.15) is 17.7 Å². The van der Waals surface area contributed by atoms with Crippen molar-refractivity contribution in [3.05, 3.63) is 78.0 Å². The van der Waals surface area contributed by atoms with Crippen LogP contribution in [0, 0.1) is 5.82 Å². The lowest BCUT2D eigenvalue weighted by Gasteiger charge is -2.33. The van der Waals surface area contributed by atoms with Crippen molar-refractivity contribution in [2.75, 3.05) is 26.8 Å². The summed E-state index contributed by atoms with van der Waals surface area (Å²) in [7, 11) is 1.60. The zero-order chi connectivity index (χ0) is 20.9. The molecule has 3 aromatic rings. The van der Waals surface area contributed by atoms with Gasteiger partial charge in [0.05, 0.1) is 38.1 Å². The number of rotatable bonds is 5. The molecule has 0 saturated carbocycles. The summed E-state index contributed by atoms with van der Waals surface area (Å²) in [6.07, 6.45) is 3.00. The first-order valence-corrected chi connectivity index (χ1v) is 9.73. The second-order valence-electron chi connectivity index (χ2n) is 7.03. The van der Waals surface area contributed by atoms with Gasteiger partial charge in [-0.15, -0.1) is 0 Å². The van der Waals surface area contributed by atoms with Crippen LogP contribution < -0.4 is 4.74 Å². The van der Waals surface area contributed by atoms with E-state index < -0.39 is 6.10 Å². The molecule has 1 fully saturated rings. The third-order valence-corrected chi connectivity index (χ3v) is 5.04. The van der Waals surface area contributed by atoms with Crippen molar-refractivity contribution in [2.45, 2.75) is 12.5 Å². The van der Waals surface area contributed by atoms with E-state index in [-0.39, 0.29) is 18.1 Å². The first-order chi connectivity index (χ1) is 14.6. The van der Waals surface area contributed by atoms with E-state index in [1.54, 1.807) is 36.5 Å². The highest BCUT2D eigenvalue weighted by Gasteiger charge is 2.28. The molecule has 0 aliphatic carbocycles. The molecule has 2 aromatic carbocycles. The third kappa shape index (κ3) is 4.46. The van der Waals surface area contributed by atoms with Gasteiger partial charge in [-0.2, -0.15) is 0 Å². The average molecular weight is 407 g/mol. The summed E-state index contributed by atoms with van der Waals surface area (Å²) in [4.78, 5) is 23.5. The predicted octanol–water partition coefficient (Wildman–Crippen LogP) is 3.43. The fourth-order valence-corrected chi connectivity index (χ4v) is 3.55. The minimum absolute atomic E-state index is 0.00717. The second kappa shape index (κ2) is 9.00. The first-order valence-electron chi connectivity index (χ1n) is 9.73. The summed E-state index contributed by atoms with van der Waals surface area (Å²) in [5.41, 5.74) is 2.68. The number of ether oxygens (including phenoxy) is 2. The fourth-order valence-electron chi connectivity index (χ4n) is 3.55. The van der Waals surface area contributed by atoms with E-state index in [2.05, 4.69) is 9.97 Å². The molecule has 30 heavy (non-hydrogen) atoms. The van der Waals surface area contributed by atoms with Gasteiger partial charge in [0, 0.05) is 24.5 Å². The van der Waals surface area contributed by atoms with E-state index in [1.165, 1.54) is 12.1 Å². The van der Waals surface area contributed by atoms with Gasteiger partial charge in [-0.1, -0.05) is 24.3 Å². The number of aromatic nitrogens is 2. The molecule has 2 heterocycles. The molecule has 1 aliphatic heterocycles. The molecule has 1 amide bonds. The molecule has 1 saturated heterocycles. The molecule has 0 N–H and O–H groups in total. The first kappa shape index (κ1) is 20.0. The maximum atomic E-state index is 13.7. The number of benzene rings is 2. The van der Waals surface area contributed by atoms with E-state index >= 15 is 0 Å². The van der Waals surface area contributed by atoms with Crippen LogP contribution in [0.5, 0.6) is 5.75 Å². The summed E-state index contributed by atoms with van der Waals surface area (Å²) < 4.78 is 24.9. The number of amides is 1. The van der Waals surface area contributed by atoms with Crippen LogP contribution in [-0.2, 0) is 16.0 Å². The van der Waals surface area contributed by atoms with E-state index in [9.17, 15) is 9.18 Å². The Bertz CT molecular complexity index is 1040. The van der Waals surface area contributed by atoms with Crippen LogP contribution in [0.15, 0.2) is 60.9 Å². The van der Waals surface area contributed by atoms with Gasteiger partial charge in [-0.25, -0.2) is 4.39 Å². The summed E-state index contributed by atoms with van der Waals surface area (Å²) in [5, 5.41) is 0. The highest BCUT2D eigenvalue weighted by atomic mass is 19.1. The van der Waals surface area contributed by atoms with E-state index in [0.717, 1.165) is 11.3 Å². The van der Waals surface area contributed by atoms with E-state index in [4.69, 9.17) is 9.47 Å². The lowest BCUT2D eigenvalue weighted by molar-refractivity contribution is -0.138. The second-order valence-corrected chi connectivity index (χ2v) is 7.03. The highest BCUT2D eigenvalue weighted by molar-refractivity contribution is 5.79. The molecule has 1 aliphatic rings. The average Bonchev–Trinajstić information content (AvgIpc) is 2.79. The normalized spacial score (nSPS) is 16.3. The van der Waals surface area contributed by atoms with Crippen LogP contribution in [0.3, 0.4) is 0 Å². The van der Waals surface area contributed by atoms with Gasteiger partial charge in [-0.05, 0) is 29.8 Å². The number of morpholine rings is 1. The maximum absolute atomic E-state index is 13.7. The monoisotopic (exact) mass is 407 g/mol. The number of carbonyl (C=O) groups excluding carboxylic acids is 1. The number of hydrogen-bond acceptors (Lipinski definition) is 5. The SMILES string of the molecule is COc1cccc(CC(=O)N2CCOC(c3nccnc3-c3cccc(F)c3)C2)c1. The molecule has 154 valence electrons. The Balaban J connectivity index is 1.52. The van der Waals surface area contributed by atoms with Crippen LogP contribution in [0.25, 0.3) is 11.3 Å². The summed E-state index contributed by atoms with van der Waals surface area (Å²) in [6.45, 7) is 1.27. The van der Waals surface area contributed by atoms with E-state index in [0.29, 0.717) is 36.6 Å². The summed E-state index contributed by atoms with van der Waals surface area (Å²) >= 11 is 0. The minimum Gasteiger partial charge on any atom is -0.497 e. The Labute approximate surface area is 174 Å². The van der Waals surface area contributed by atoms with Crippen molar-refractivity contribution in [3.63, 3.8) is 0 Å². The number of nitrogens with zero attached hydrogens (tertiary/aromatic N) is 3. The topological polar surface area (TPSA) is 64.5 Å². The molecule has 7 heteroatoms. The number of halogens is 1. The molecule has 0 radical (unpaired) electrons. The molecular formula is C23H22FN3O3. The van der Waals surface area contributed by atoms with Crippen molar-refractivity contribution < 1.29 is 18.7 Å². The molecule has 0 spiro atoms. The zero-order valence-corrected chi connectivity index (χ0v) is 16.6. The van der Waals surface area contributed by atoms with Crippen molar-refractivity contribution in [1.29, 1.82) is 0 Å². The summed E-state index contributed by atoms with van der Waals surface area (Å²) in [6, 6.07) is 13.7. The van der Waals surface area contributed by atoms with Gasteiger partial charge < -0.3 is 14.4 Å². The molecule has 4 rings (SSSR count). The van der Waals surface area contributed by atoms with Gasteiger partial charge >= 0.3 is 0 Å². The van der Waals surface area contributed by atoms with Crippen LogP contribution in [0.1, 0.15) is 17.4 Å². The Morgan fingerprint density at radius 2 is 2.03 bits per heavy atom. The zero-order valence-electron chi connectivity index (χ0n) is 16.6. The quantitative estimate of drug-likeness (QED) is 0.648. The van der Waals surface area contributed by atoms with Crippen molar-refractivity contribution >= 4 is 5.91 Å². The molecule has 6 nitrogen and oxygen atoms in total. The van der Waals surface area contributed by atoms with Gasteiger partial charge in [0.15, 0.2) is 0 Å². The molecular weight excluding hydrogens is 385 g/mol. The lowest BCUT2D eigenvalue weighted by Crippen LogP contribution is -2.43. The molecule has 1 atom stereocenters. The van der Waals surface area contributed by atoms with Crippen LogP contribution >= 0.6 is 0 Å². The van der Waals surface area contributed by atoms with Gasteiger partial charge in [-0.3, -0.25) is 14.8 Å². The predicted molar refractivity (Wildman–Crippen MR) is 109 cm³/mol.